The monoisotopic (exact) mass is 425 g/mol. The first-order valence-corrected chi connectivity index (χ1v) is 10.2. The van der Waals surface area contributed by atoms with Crippen molar-refractivity contribution in [3.05, 3.63) is 107 Å². The van der Waals surface area contributed by atoms with Crippen LogP contribution in [0.25, 0.3) is 21.8 Å². The van der Waals surface area contributed by atoms with Crippen LogP contribution in [-0.2, 0) is 6.54 Å². The maximum Gasteiger partial charge on any atom is 0.249 e. The number of nitrogens with zero attached hydrogens (tertiary/aromatic N) is 1. The predicted molar refractivity (Wildman–Crippen MR) is 124 cm³/mol. The van der Waals surface area contributed by atoms with E-state index in [0.717, 1.165) is 38.9 Å². The number of carbonyl (C=O) groups is 1. The number of hydrogen-bond acceptors (Lipinski definition) is 2. The number of fused-ring (bicyclic) bond motifs is 3. The second-order valence-corrected chi connectivity index (χ2v) is 7.63. The highest BCUT2D eigenvalue weighted by Gasteiger charge is 2.19. The van der Waals surface area contributed by atoms with Crippen LogP contribution in [0.5, 0.6) is 11.5 Å². The minimum absolute atomic E-state index is 0.452. The number of para-hydroxylation sites is 2. The summed E-state index contributed by atoms with van der Waals surface area (Å²) >= 11 is 6.61. The molecule has 0 bridgehead atoms. The van der Waals surface area contributed by atoms with Crippen molar-refractivity contribution in [3.8, 4) is 11.5 Å². The number of ether oxygens (including phenoxy) is 1. The fraction of sp³-hybridized carbons (Fsp3) is 0.0385. The Morgan fingerprint density at radius 1 is 0.968 bits per heavy atom. The highest BCUT2D eigenvalue weighted by Crippen LogP contribution is 2.36. The quantitative estimate of drug-likeness (QED) is 0.365. The lowest BCUT2D eigenvalue weighted by atomic mass is 10.1. The van der Waals surface area contributed by atoms with Crippen molar-refractivity contribution >= 4 is 39.3 Å². The third-order valence-corrected chi connectivity index (χ3v) is 5.62. The van der Waals surface area contributed by atoms with Gasteiger partial charge in [0, 0.05) is 21.9 Å². The maximum atomic E-state index is 12.1. The molecule has 0 fully saturated rings. The van der Waals surface area contributed by atoms with Gasteiger partial charge in [-0.3, -0.25) is 4.79 Å². The summed E-state index contributed by atoms with van der Waals surface area (Å²) in [4.78, 5) is 12.1. The Kier molecular flexibility index (Phi) is 4.85. The van der Waals surface area contributed by atoms with Crippen LogP contribution in [0.2, 0.25) is 5.02 Å². The Balaban J connectivity index is 1.70. The molecule has 0 saturated carbocycles. The van der Waals surface area contributed by atoms with Crippen molar-refractivity contribution in [3.63, 3.8) is 0 Å². The van der Waals surface area contributed by atoms with Gasteiger partial charge in [-0.25, -0.2) is 0 Å². The lowest BCUT2D eigenvalue weighted by Gasteiger charge is -2.14. The van der Waals surface area contributed by atoms with E-state index >= 15 is 0 Å². The van der Waals surface area contributed by atoms with Gasteiger partial charge in [0.15, 0.2) is 0 Å². The van der Waals surface area contributed by atoms with Gasteiger partial charge in [0.1, 0.15) is 11.5 Å². The molecule has 1 heterocycles. The number of rotatable bonds is 5. The number of hydrogen-bond donors (Lipinski definition) is 1. The summed E-state index contributed by atoms with van der Waals surface area (Å²) in [7, 11) is 0. The van der Waals surface area contributed by atoms with Gasteiger partial charge >= 0.3 is 0 Å². The molecule has 0 aliphatic heterocycles. The molecule has 0 spiro atoms. The smallest absolute Gasteiger partial charge is 0.249 e. The molecule has 0 aliphatic carbocycles. The number of amides is 1. The van der Waals surface area contributed by atoms with Crippen LogP contribution in [0.15, 0.2) is 84.9 Å². The zero-order valence-corrected chi connectivity index (χ0v) is 17.3. The Hall–Kier alpha value is -3.76. The Morgan fingerprint density at radius 2 is 1.74 bits per heavy atom. The molecule has 5 rings (SSSR count). The molecule has 1 radical (unpaired) electrons. The number of halogens is 1. The van der Waals surface area contributed by atoms with E-state index in [-0.39, 0.29) is 0 Å². The Labute approximate surface area is 184 Å². The van der Waals surface area contributed by atoms with Crippen LogP contribution in [0.1, 0.15) is 15.9 Å². The van der Waals surface area contributed by atoms with E-state index in [9.17, 15) is 4.79 Å². The van der Waals surface area contributed by atoms with Gasteiger partial charge in [-0.05, 0) is 42.5 Å². The molecule has 4 aromatic carbocycles. The second-order valence-electron chi connectivity index (χ2n) is 7.22. The van der Waals surface area contributed by atoms with Crippen molar-refractivity contribution in [1.29, 1.82) is 0 Å². The van der Waals surface area contributed by atoms with Gasteiger partial charge in [-0.15, -0.1) is 0 Å². The molecule has 0 atom stereocenters. The number of nitrogens with two attached hydrogens (primary N) is 1. The summed E-state index contributed by atoms with van der Waals surface area (Å²) in [5.74, 6) is 1.04. The molecule has 0 aliphatic rings. The largest absolute Gasteiger partial charge is 0.457 e. The molecule has 4 nitrogen and oxygen atoms in total. The summed E-state index contributed by atoms with van der Waals surface area (Å²) in [6.07, 6.45) is 0. The number of benzene rings is 4. The first-order chi connectivity index (χ1) is 15.1. The first kappa shape index (κ1) is 19.2. The lowest BCUT2D eigenvalue weighted by molar-refractivity contribution is 0.100. The average molecular weight is 426 g/mol. The number of carbonyl (C=O) groups excluding carboxylic acids is 1. The van der Waals surface area contributed by atoms with Gasteiger partial charge in [-0.2, -0.15) is 0 Å². The van der Waals surface area contributed by atoms with Crippen molar-refractivity contribution in [1.82, 2.24) is 4.57 Å². The molecule has 0 saturated heterocycles. The fourth-order valence-electron chi connectivity index (χ4n) is 3.96. The van der Waals surface area contributed by atoms with E-state index in [1.165, 1.54) is 0 Å². The topological polar surface area (TPSA) is 57.2 Å². The Morgan fingerprint density at radius 3 is 2.55 bits per heavy atom. The highest BCUT2D eigenvalue weighted by atomic mass is 35.5. The van der Waals surface area contributed by atoms with Crippen molar-refractivity contribution in [2.24, 2.45) is 5.73 Å². The summed E-state index contributed by atoms with van der Waals surface area (Å²) in [6.45, 7) is 0.503. The molecule has 5 aromatic rings. The average Bonchev–Trinajstić information content (AvgIpc) is 3.11. The normalized spacial score (nSPS) is 11.1. The van der Waals surface area contributed by atoms with Crippen LogP contribution >= 0.6 is 11.6 Å². The Bertz CT molecular complexity index is 1420. The summed E-state index contributed by atoms with van der Waals surface area (Å²) in [5, 5.41) is 2.12. The van der Waals surface area contributed by atoms with E-state index in [0.29, 0.717) is 17.1 Å². The molecule has 5 heteroatoms. The molecule has 31 heavy (non-hydrogen) atoms. The second kappa shape index (κ2) is 7.82. The molecule has 151 valence electrons. The highest BCUT2D eigenvalue weighted by molar-refractivity contribution is 6.36. The molecule has 1 amide bonds. The van der Waals surface area contributed by atoms with Crippen LogP contribution in [0, 0.1) is 6.07 Å². The zero-order chi connectivity index (χ0) is 21.4. The van der Waals surface area contributed by atoms with Gasteiger partial charge < -0.3 is 15.0 Å². The van der Waals surface area contributed by atoms with Gasteiger partial charge in [0.2, 0.25) is 5.91 Å². The molecular formula is C26H18ClN2O2. The van der Waals surface area contributed by atoms with E-state index < -0.39 is 5.91 Å². The molecule has 1 aromatic heterocycles. The first-order valence-electron chi connectivity index (χ1n) is 9.85. The fourth-order valence-corrected chi connectivity index (χ4v) is 4.22. The van der Waals surface area contributed by atoms with Gasteiger partial charge in [-0.1, -0.05) is 60.1 Å². The zero-order valence-electron chi connectivity index (χ0n) is 16.5. The van der Waals surface area contributed by atoms with E-state index in [2.05, 4.69) is 10.6 Å². The van der Waals surface area contributed by atoms with Crippen LogP contribution in [0.3, 0.4) is 0 Å². The number of aromatic nitrogens is 1. The van der Waals surface area contributed by atoms with Crippen LogP contribution in [-0.4, -0.2) is 10.5 Å². The van der Waals surface area contributed by atoms with Crippen molar-refractivity contribution in [2.75, 3.05) is 0 Å². The van der Waals surface area contributed by atoms with Crippen molar-refractivity contribution < 1.29 is 9.53 Å². The third-order valence-electron chi connectivity index (χ3n) is 5.31. The minimum Gasteiger partial charge on any atom is -0.457 e. The van der Waals surface area contributed by atoms with Crippen molar-refractivity contribution in [2.45, 2.75) is 6.54 Å². The van der Waals surface area contributed by atoms with E-state index in [1.807, 2.05) is 66.7 Å². The predicted octanol–water partition coefficient (Wildman–Crippen LogP) is 6.19. The minimum atomic E-state index is -0.481. The van der Waals surface area contributed by atoms with E-state index in [4.69, 9.17) is 22.1 Å². The van der Waals surface area contributed by atoms with E-state index in [1.54, 1.807) is 18.2 Å². The summed E-state index contributed by atoms with van der Waals surface area (Å²) < 4.78 is 8.23. The third kappa shape index (κ3) is 3.41. The van der Waals surface area contributed by atoms with Crippen LogP contribution < -0.4 is 10.5 Å². The lowest BCUT2D eigenvalue weighted by Crippen LogP contribution is -2.11. The maximum absolute atomic E-state index is 12.1. The van der Waals surface area contributed by atoms with Gasteiger partial charge in [0.25, 0.3) is 0 Å². The van der Waals surface area contributed by atoms with Gasteiger partial charge in [0.05, 0.1) is 22.6 Å². The summed E-state index contributed by atoms with van der Waals surface area (Å²) in [5.41, 5.74) is 8.77. The summed E-state index contributed by atoms with van der Waals surface area (Å²) in [6, 6.07) is 29.9. The SMILES string of the molecule is NC(=O)c1cccc2c1c1[c]ccc(Cl)c1n2Cc1ccccc1Oc1ccccc1. The standard InChI is InChI=1S/C26H18ClN2O2/c27-21-13-6-11-19-24-20(26(28)30)12-7-14-22(24)29(25(19)21)16-17-8-4-5-15-23(17)31-18-9-2-1-3-10-18/h1-10,12-15H,16H2,(H2,28,30). The molecule has 2 N–H and O–H groups in total. The van der Waals surface area contributed by atoms with Crippen LogP contribution in [0.4, 0.5) is 0 Å². The number of primary amides is 1. The molecule has 0 unspecified atom stereocenters. The molecular weight excluding hydrogens is 408 g/mol.